The Balaban J connectivity index is 3.55. The van der Waals surface area contributed by atoms with E-state index in [4.69, 9.17) is 4.74 Å². The topological polar surface area (TPSA) is 26.3 Å². The minimum Gasteiger partial charge on any atom is -0.460 e. The van der Waals surface area contributed by atoms with Crippen molar-refractivity contribution in [2.24, 2.45) is 0 Å². The van der Waals surface area contributed by atoms with E-state index in [9.17, 15) is 4.79 Å². The van der Waals surface area contributed by atoms with Crippen LogP contribution in [0.1, 0.15) is 52.9 Å². The largest absolute Gasteiger partial charge is 0.460 e. The van der Waals surface area contributed by atoms with Crippen LogP contribution in [0.25, 0.3) is 0 Å². The molecule has 0 aliphatic rings. The molecular weight excluding hydrogens is 244 g/mol. The number of carbonyl (C=O) groups excluding carboxylic acids is 1. The van der Waals surface area contributed by atoms with Gasteiger partial charge in [0, 0.05) is 11.8 Å². The molecule has 2 nitrogen and oxygen atoms in total. The maximum absolute atomic E-state index is 11.3. The lowest BCUT2D eigenvalue weighted by molar-refractivity contribution is -0.156. The monoisotopic (exact) mass is 264 g/mol. The maximum atomic E-state index is 11.3. The molecule has 0 aromatic carbocycles. The van der Waals surface area contributed by atoms with Crippen molar-refractivity contribution in [3.8, 4) is 0 Å². The summed E-state index contributed by atoms with van der Waals surface area (Å²) < 4.78 is 5.32. The van der Waals surface area contributed by atoms with Gasteiger partial charge in [-0.15, -0.1) is 0 Å². The first kappa shape index (κ1) is 13.9. The predicted octanol–water partition coefficient (Wildman–Crippen LogP) is 3.67. The van der Waals surface area contributed by atoms with Gasteiger partial charge in [-0.3, -0.25) is 4.79 Å². The highest BCUT2D eigenvalue weighted by Gasteiger charge is 2.19. The van der Waals surface area contributed by atoms with E-state index < -0.39 is 0 Å². The second-order valence-corrected chi connectivity index (χ2v) is 4.88. The quantitative estimate of drug-likeness (QED) is 0.399. The first-order chi connectivity index (χ1) is 6.52. The summed E-state index contributed by atoms with van der Waals surface area (Å²) in [7, 11) is 0. The highest BCUT2D eigenvalue weighted by atomic mass is 79.9. The molecule has 0 unspecified atom stereocenters. The summed E-state index contributed by atoms with van der Waals surface area (Å²) in [6.07, 6.45) is 4.57. The van der Waals surface area contributed by atoms with Gasteiger partial charge in [-0.2, -0.15) is 0 Å². The molecule has 14 heavy (non-hydrogen) atoms. The van der Waals surface area contributed by atoms with Gasteiger partial charge in [-0.1, -0.05) is 29.3 Å². The molecule has 0 N–H and O–H groups in total. The minimum atomic E-state index is -0.299. The number of esters is 1. The van der Waals surface area contributed by atoms with Crippen molar-refractivity contribution in [3.63, 3.8) is 0 Å². The zero-order valence-corrected chi connectivity index (χ0v) is 11.0. The molecule has 0 atom stereocenters. The van der Waals surface area contributed by atoms with Crippen LogP contribution >= 0.6 is 15.9 Å². The minimum absolute atomic E-state index is 0.0635. The molecule has 0 spiro atoms. The van der Waals surface area contributed by atoms with Crippen LogP contribution in [0.3, 0.4) is 0 Å². The number of rotatable bonds is 7. The molecule has 0 bridgehead atoms. The van der Waals surface area contributed by atoms with Gasteiger partial charge in [0.15, 0.2) is 0 Å². The van der Waals surface area contributed by atoms with Crippen LogP contribution < -0.4 is 0 Å². The SMILES string of the molecule is CCC(C)(C)OC(=O)CCCCCBr. The Morgan fingerprint density at radius 3 is 2.43 bits per heavy atom. The molecule has 0 heterocycles. The van der Waals surface area contributed by atoms with E-state index in [1.54, 1.807) is 0 Å². The van der Waals surface area contributed by atoms with E-state index in [1.807, 2.05) is 20.8 Å². The number of hydrogen-bond acceptors (Lipinski definition) is 2. The molecule has 0 aliphatic heterocycles. The number of ether oxygens (including phenoxy) is 1. The Hall–Kier alpha value is -0.0500. The van der Waals surface area contributed by atoms with Gasteiger partial charge in [0.1, 0.15) is 5.60 Å². The predicted molar refractivity (Wildman–Crippen MR) is 62.7 cm³/mol. The lowest BCUT2D eigenvalue weighted by Gasteiger charge is -2.23. The fourth-order valence-corrected chi connectivity index (χ4v) is 1.37. The Morgan fingerprint density at radius 1 is 1.29 bits per heavy atom. The molecule has 0 saturated carbocycles. The molecule has 0 saturated heterocycles. The van der Waals surface area contributed by atoms with E-state index >= 15 is 0 Å². The van der Waals surface area contributed by atoms with Gasteiger partial charge in [0.25, 0.3) is 0 Å². The number of alkyl halides is 1. The molecule has 0 fully saturated rings. The lowest BCUT2D eigenvalue weighted by Crippen LogP contribution is -2.26. The average molecular weight is 265 g/mol. The van der Waals surface area contributed by atoms with Gasteiger partial charge in [0.05, 0.1) is 0 Å². The Morgan fingerprint density at radius 2 is 1.93 bits per heavy atom. The van der Waals surface area contributed by atoms with Crippen molar-refractivity contribution in [2.45, 2.75) is 58.5 Å². The van der Waals surface area contributed by atoms with Crippen LogP contribution in [0.15, 0.2) is 0 Å². The summed E-state index contributed by atoms with van der Waals surface area (Å²) in [4.78, 5) is 11.3. The van der Waals surface area contributed by atoms with E-state index in [2.05, 4.69) is 15.9 Å². The van der Waals surface area contributed by atoms with Crippen molar-refractivity contribution in [2.75, 3.05) is 5.33 Å². The Labute approximate surface area is 95.5 Å². The molecule has 3 heteroatoms. The van der Waals surface area contributed by atoms with Crippen LogP contribution in [0, 0.1) is 0 Å². The summed E-state index contributed by atoms with van der Waals surface area (Å²) >= 11 is 3.36. The van der Waals surface area contributed by atoms with Crippen LogP contribution in [0.2, 0.25) is 0 Å². The van der Waals surface area contributed by atoms with Crippen molar-refractivity contribution >= 4 is 21.9 Å². The summed E-state index contributed by atoms with van der Waals surface area (Å²) in [5.74, 6) is -0.0635. The van der Waals surface area contributed by atoms with Crippen molar-refractivity contribution < 1.29 is 9.53 Å². The molecule has 0 aromatic heterocycles. The second kappa shape index (κ2) is 7.27. The first-order valence-electron chi connectivity index (χ1n) is 5.29. The van der Waals surface area contributed by atoms with Crippen molar-refractivity contribution in [1.82, 2.24) is 0 Å². The molecule has 0 radical (unpaired) electrons. The third-order valence-electron chi connectivity index (χ3n) is 2.26. The molecule has 0 amide bonds. The van der Waals surface area contributed by atoms with Crippen LogP contribution in [-0.4, -0.2) is 16.9 Å². The number of halogens is 1. The summed E-state index contributed by atoms with van der Waals surface area (Å²) in [5.41, 5.74) is -0.299. The van der Waals surface area contributed by atoms with Crippen LogP contribution in [-0.2, 0) is 9.53 Å². The summed E-state index contributed by atoms with van der Waals surface area (Å²) in [6, 6.07) is 0. The average Bonchev–Trinajstić information content (AvgIpc) is 2.12. The highest BCUT2D eigenvalue weighted by Crippen LogP contribution is 2.15. The van der Waals surface area contributed by atoms with Gasteiger partial charge in [0.2, 0.25) is 0 Å². The molecule has 0 rings (SSSR count). The molecule has 0 aliphatic carbocycles. The van der Waals surface area contributed by atoms with Gasteiger partial charge in [-0.05, 0) is 33.1 Å². The van der Waals surface area contributed by atoms with Gasteiger partial charge in [-0.25, -0.2) is 0 Å². The zero-order valence-electron chi connectivity index (χ0n) is 9.44. The molecular formula is C11H21BrO2. The standard InChI is InChI=1S/C11H21BrO2/c1-4-11(2,3)14-10(13)8-6-5-7-9-12/h4-9H2,1-3H3. The normalized spacial score (nSPS) is 11.4. The second-order valence-electron chi connectivity index (χ2n) is 4.09. The van der Waals surface area contributed by atoms with Crippen molar-refractivity contribution in [1.29, 1.82) is 0 Å². The lowest BCUT2D eigenvalue weighted by atomic mass is 10.1. The van der Waals surface area contributed by atoms with E-state index in [1.165, 1.54) is 0 Å². The van der Waals surface area contributed by atoms with Gasteiger partial charge < -0.3 is 4.74 Å². The number of hydrogen-bond donors (Lipinski definition) is 0. The summed E-state index contributed by atoms with van der Waals surface area (Å²) in [5, 5.41) is 1.02. The first-order valence-corrected chi connectivity index (χ1v) is 6.42. The maximum Gasteiger partial charge on any atom is 0.306 e. The zero-order chi connectivity index (χ0) is 11.0. The number of carbonyl (C=O) groups is 1. The van der Waals surface area contributed by atoms with E-state index in [0.29, 0.717) is 6.42 Å². The van der Waals surface area contributed by atoms with Crippen LogP contribution in [0.5, 0.6) is 0 Å². The smallest absolute Gasteiger partial charge is 0.306 e. The fraction of sp³-hybridized carbons (Fsp3) is 0.909. The van der Waals surface area contributed by atoms with Crippen LogP contribution in [0.4, 0.5) is 0 Å². The van der Waals surface area contributed by atoms with E-state index in [-0.39, 0.29) is 11.6 Å². The summed E-state index contributed by atoms with van der Waals surface area (Å²) in [6.45, 7) is 5.92. The molecule has 84 valence electrons. The molecule has 0 aromatic rings. The van der Waals surface area contributed by atoms with Gasteiger partial charge >= 0.3 is 5.97 Å². The number of unbranched alkanes of at least 4 members (excludes halogenated alkanes) is 2. The van der Waals surface area contributed by atoms with Crippen molar-refractivity contribution in [3.05, 3.63) is 0 Å². The highest BCUT2D eigenvalue weighted by molar-refractivity contribution is 9.09. The third kappa shape index (κ3) is 7.36. The fourth-order valence-electron chi connectivity index (χ4n) is 0.972. The third-order valence-corrected chi connectivity index (χ3v) is 2.82. The Bertz CT molecular complexity index is 167. The van der Waals surface area contributed by atoms with E-state index in [0.717, 1.165) is 31.0 Å². The Kier molecular flexibility index (Phi) is 7.24.